The molecule has 4 rings (SSSR count). The molecule has 6 heteroatoms. The summed E-state index contributed by atoms with van der Waals surface area (Å²) in [6.07, 6.45) is 0.949. The van der Waals surface area contributed by atoms with Crippen molar-refractivity contribution in [2.45, 2.75) is 19.5 Å². The highest BCUT2D eigenvalue weighted by atomic mass is 32.1. The number of fused-ring (bicyclic) bond motifs is 2. The van der Waals surface area contributed by atoms with Gasteiger partial charge in [0.25, 0.3) is 0 Å². The lowest BCUT2D eigenvalue weighted by atomic mass is 10.1. The molecule has 0 saturated heterocycles. The van der Waals surface area contributed by atoms with E-state index < -0.39 is 0 Å². The summed E-state index contributed by atoms with van der Waals surface area (Å²) in [5.41, 5.74) is 2.28. The first-order valence-electron chi connectivity index (χ1n) is 7.26. The van der Waals surface area contributed by atoms with E-state index in [1.807, 2.05) is 23.1 Å². The molecule has 0 unspecified atom stereocenters. The number of thiophene rings is 1. The molecule has 1 aromatic carbocycles. The summed E-state index contributed by atoms with van der Waals surface area (Å²) in [7, 11) is 0. The fraction of sp³-hybridized carbons (Fsp3) is 0.312. The molecule has 0 saturated carbocycles. The summed E-state index contributed by atoms with van der Waals surface area (Å²) in [4.78, 5) is 15.6. The first-order chi connectivity index (χ1) is 10.8. The second-order valence-electron chi connectivity index (χ2n) is 5.39. The highest BCUT2D eigenvalue weighted by Crippen LogP contribution is 2.32. The molecule has 2 aliphatic heterocycles. The Morgan fingerprint density at radius 1 is 1.27 bits per heavy atom. The molecule has 5 nitrogen and oxygen atoms in total. The Morgan fingerprint density at radius 3 is 3.14 bits per heavy atom. The third-order valence-corrected chi connectivity index (χ3v) is 5.00. The first kappa shape index (κ1) is 13.5. The molecule has 0 aliphatic carbocycles. The molecule has 1 N–H and O–H groups in total. The zero-order valence-electron chi connectivity index (χ0n) is 12.0. The van der Waals surface area contributed by atoms with Crippen molar-refractivity contribution < 1.29 is 14.3 Å². The van der Waals surface area contributed by atoms with E-state index in [1.54, 1.807) is 11.3 Å². The predicted molar refractivity (Wildman–Crippen MR) is 83.2 cm³/mol. The molecular formula is C16H16N2O3S. The van der Waals surface area contributed by atoms with E-state index in [2.05, 4.69) is 16.8 Å². The molecule has 0 radical (unpaired) electrons. The number of rotatable bonds is 2. The lowest BCUT2D eigenvalue weighted by Crippen LogP contribution is -2.42. The van der Waals surface area contributed by atoms with E-state index in [1.165, 1.54) is 10.4 Å². The van der Waals surface area contributed by atoms with Crippen LogP contribution in [0.2, 0.25) is 0 Å². The number of amides is 2. The van der Waals surface area contributed by atoms with Gasteiger partial charge in [-0.1, -0.05) is 6.07 Å². The Bertz CT molecular complexity index is 713. The molecule has 2 aliphatic rings. The van der Waals surface area contributed by atoms with Crippen molar-refractivity contribution in [3.05, 3.63) is 45.6 Å². The van der Waals surface area contributed by atoms with Crippen LogP contribution in [0.3, 0.4) is 0 Å². The van der Waals surface area contributed by atoms with Crippen LogP contribution in [-0.2, 0) is 19.5 Å². The van der Waals surface area contributed by atoms with Crippen molar-refractivity contribution in [2.75, 3.05) is 13.3 Å². The van der Waals surface area contributed by atoms with Gasteiger partial charge in [0, 0.05) is 24.5 Å². The SMILES string of the molecule is O=C(NCc1ccc2c(c1)OCO2)N1CCc2sccc2C1. The van der Waals surface area contributed by atoms with Crippen LogP contribution < -0.4 is 14.8 Å². The molecule has 114 valence electrons. The second kappa shape index (κ2) is 5.53. The van der Waals surface area contributed by atoms with Crippen LogP contribution in [0.4, 0.5) is 4.79 Å². The van der Waals surface area contributed by atoms with Gasteiger partial charge in [-0.3, -0.25) is 0 Å². The highest BCUT2D eigenvalue weighted by molar-refractivity contribution is 7.10. The number of nitrogens with zero attached hydrogens (tertiary/aromatic N) is 1. The van der Waals surface area contributed by atoms with E-state index in [-0.39, 0.29) is 12.8 Å². The smallest absolute Gasteiger partial charge is 0.317 e. The summed E-state index contributed by atoms with van der Waals surface area (Å²) >= 11 is 1.78. The Kier molecular flexibility index (Phi) is 3.38. The molecule has 22 heavy (non-hydrogen) atoms. The fourth-order valence-corrected chi connectivity index (χ4v) is 3.65. The summed E-state index contributed by atoms with van der Waals surface area (Å²) in [6, 6.07) is 7.82. The average molecular weight is 316 g/mol. The third-order valence-electron chi connectivity index (χ3n) is 3.98. The Labute approximate surface area is 132 Å². The zero-order chi connectivity index (χ0) is 14.9. The zero-order valence-corrected chi connectivity index (χ0v) is 12.8. The topological polar surface area (TPSA) is 50.8 Å². The minimum absolute atomic E-state index is 0.0190. The van der Waals surface area contributed by atoms with Crippen LogP contribution in [0.15, 0.2) is 29.6 Å². The fourth-order valence-electron chi connectivity index (χ4n) is 2.76. The summed E-state index contributed by atoms with van der Waals surface area (Å²) in [6.45, 7) is 2.23. The van der Waals surface area contributed by atoms with Crippen molar-refractivity contribution in [1.82, 2.24) is 10.2 Å². The quantitative estimate of drug-likeness (QED) is 0.927. The van der Waals surface area contributed by atoms with Gasteiger partial charge in [-0.15, -0.1) is 11.3 Å². The van der Waals surface area contributed by atoms with Gasteiger partial charge in [-0.25, -0.2) is 4.79 Å². The van der Waals surface area contributed by atoms with Gasteiger partial charge < -0.3 is 19.7 Å². The minimum Gasteiger partial charge on any atom is -0.454 e. The molecule has 2 aromatic rings. The Morgan fingerprint density at radius 2 is 2.18 bits per heavy atom. The van der Waals surface area contributed by atoms with Crippen LogP contribution in [0.5, 0.6) is 11.5 Å². The number of urea groups is 1. The number of carbonyl (C=O) groups is 1. The molecule has 0 fully saturated rings. The van der Waals surface area contributed by atoms with Crippen molar-refractivity contribution in [3.8, 4) is 11.5 Å². The normalized spacial score (nSPS) is 15.5. The molecule has 1 aromatic heterocycles. The molecule has 0 bridgehead atoms. The van der Waals surface area contributed by atoms with Crippen LogP contribution >= 0.6 is 11.3 Å². The second-order valence-corrected chi connectivity index (χ2v) is 6.39. The van der Waals surface area contributed by atoms with Crippen molar-refractivity contribution in [2.24, 2.45) is 0 Å². The molecular weight excluding hydrogens is 300 g/mol. The number of hydrogen-bond donors (Lipinski definition) is 1. The standard InChI is InChI=1S/C16H16N2O3S/c19-16(18-5-3-15-12(9-18)4-6-22-15)17-8-11-1-2-13-14(7-11)21-10-20-13/h1-2,4,6-7H,3,5,8-10H2,(H,17,19). The van der Waals surface area contributed by atoms with Crippen LogP contribution in [-0.4, -0.2) is 24.3 Å². The van der Waals surface area contributed by atoms with Gasteiger partial charge in [0.2, 0.25) is 6.79 Å². The molecule has 2 amide bonds. The van der Waals surface area contributed by atoms with Crippen LogP contribution in [0, 0.1) is 0 Å². The number of nitrogens with one attached hydrogen (secondary N) is 1. The molecule has 0 atom stereocenters. The van der Waals surface area contributed by atoms with E-state index >= 15 is 0 Å². The predicted octanol–water partition coefficient (Wildman–Crippen LogP) is 2.74. The Hall–Kier alpha value is -2.21. The lowest BCUT2D eigenvalue weighted by molar-refractivity contribution is 0.174. The average Bonchev–Trinajstić information content (AvgIpc) is 3.19. The van der Waals surface area contributed by atoms with Gasteiger partial charge in [0.1, 0.15) is 0 Å². The summed E-state index contributed by atoms with van der Waals surface area (Å²) in [5, 5.41) is 5.07. The number of hydrogen-bond acceptors (Lipinski definition) is 4. The van der Waals surface area contributed by atoms with E-state index in [0.29, 0.717) is 13.1 Å². The largest absolute Gasteiger partial charge is 0.454 e. The number of carbonyl (C=O) groups excluding carboxylic acids is 1. The number of benzene rings is 1. The maximum absolute atomic E-state index is 12.3. The lowest BCUT2D eigenvalue weighted by Gasteiger charge is -2.27. The summed E-state index contributed by atoms with van der Waals surface area (Å²) < 4.78 is 10.6. The van der Waals surface area contributed by atoms with E-state index in [9.17, 15) is 4.79 Å². The van der Waals surface area contributed by atoms with Gasteiger partial charge in [-0.05, 0) is 41.1 Å². The van der Waals surface area contributed by atoms with E-state index in [4.69, 9.17) is 9.47 Å². The Balaban J connectivity index is 1.37. The van der Waals surface area contributed by atoms with Crippen molar-refractivity contribution >= 4 is 17.4 Å². The van der Waals surface area contributed by atoms with Crippen molar-refractivity contribution in [1.29, 1.82) is 0 Å². The summed E-state index contributed by atoms with van der Waals surface area (Å²) in [5.74, 6) is 1.50. The maximum atomic E-state index is 12.3. The van der Waals surface area contributed by atoms with Crippen LogP contribution in [0.1, 0.15) is 16.0 Å². The van der Waals surface area contributed by atoms with Gasteiger partial charge >= 0.3 is 6.03 Å². The monoisotopic (exact) mass is 316 g/mol. The van der Waals surface area contributed by atoms with Crippen LogP contribution in [0.25, 0.3) is 0 Å². The first-order valence-corrected chi connectivity index (χ1v) is 8.14. The maximum Gasteiger partial charge on any atom is 0.317 e. The molecule has 3 heterocycles. The van der Waals surface area contributed by atoms with Gasteiger partial charge in [0.05, 0.1) is 0 Å². The molecule has 0 spiro atoms. The van der Waals surface area contributed by atoms with Gasteiger partial charge in [0.15, 0.2) is 11.5 Å². The highest BCUT2D eigenvalue weighted by Gasteiger charge is 2.21. The minimum atomic E-state index is -0.0190. The number of ether oxygens (including phenoxy) is 2. The van der Waals surface area contributed by atoms with E-state index in [0.717, 1.165) is 30.0 Å². The van der Waals surface area contributed by atoms with Gasteiger partial charge in [-0.2, -0.15) is 0 Å². The third kappa shape index (κ3) is 2.50. The van der Waals surface area contributed by atoms with Crippen molar-refractivity contribution in [3.63, 3.8) is 0 Å².